The fourth-order valence-electron chi connectivity index (χ4n) is 7.05. The molecule has 0 fully saturated rings. The van der Waals surface area contributed by atoms with Crippen molar-refractivity contribution in [1.82, 2.24) is 9.55 Å². The van der Waals surface area contributed by atoms with Gasteiger partial charge >= 0.3 is 0 Å². The first-order valence-corrected chi connectivity index (χ1v) is 15.4. The first-order chi connectivity index (χ1) is 22.3. The Morgan fingerprint density at radius 3 is 1.58 bits per heavy atom. The van der Waals surface area contributed by atoms with Crippen molar-refractivity contribution in [2.75, 3.05) is 0 Å². The second-order valence-corrected chi connectivity index (χ2v) is 11.6. The molecule has 0 aliphatic rings. The van der Waals surface area contributed by atoms with E-state index in [1.165, 1.54) is 70.8 Å². The summed E-state index contributed by atoms with van der Waals surface area (Å²) in [5.74, 6) is 0.917. The summed E-state index contributed by atoms with van der Waals surface area (Å²) in [6.45, 7) is 0. The molecule has 0 saturated carbocycles. The Morgan fingerprint density at radius 1 is 0.422 bits per heavy atom. The van der Waals surface area contributed by atoms with E-state index in [0.29, 0.717) is 0 Å². The van der Waals surface area contributed by atoms with Crippen LogP contribution in [0.4, 0.5) is 0 Å². The zero-order valence-electron chi connectivity index (χ0n) is 24.6. The zero-order chi connectivity index (χ0) is 29.7. The largest absolute Gasteiger partial charge is 0.294 e. The lowest BCUT2D eigenvalue weighted by atomic mass is 9.86. The van der Waals surface area contributed by atoms with Crippen LogP contribution in [0.15, 0.2) is 158 Å². The number of para-hydroxylation sites is 2. The quantitative estimate of drug-likeness (QED) is 0.192. The predicted octanol–water partition coefficient (Wildman–Crippen LogP) is 11.5. The van der Waals surface area contributed by atoms with Crippen LogP contribution in [0.1, 0.15) is 11.1 Å². The van der Waals surface area contributed by atoms with Gasteiger partial charge in [-0.2, -0.15) is 0 Å². The van der Waals surface area contributed by atoms with Crippen molar-refractivity contribution >= 4 is 66.3 Å². The van der Waals surface area contributed by atoms with Crippen LogP contribution in [-0.2, 0) is 0 Å². The average Bonchev–Trinajstić information content (AvgIpc) is 3.45. The third-order valence-corrected chi connectivity index (χ3v) is 9.05. The summed E-state index contributed by atoms with van der Waals surface area (Å²) in [7, 11) is 0. The Bertz CT molecular complexity index is 2470. The molecule has 2 heteroatoms. The molecule has 210 valence electrons. The maximum atomic E-state index is 4.95. The molecule has 0 aliphatic carbocycles. The standard InChI is InChI=1S/C43H28N2/c1-2-14-31-30(12-1)13-11-21-37(31)43-38-19-5-3-15-32(38)34(33-16-4-6-20-39(33)43)26-24-29-25-27-42(44-28-29)45-40-22-9-7-17-35(40)36-18-8-10-23-41(36)45/h1-28H/b26-24+. The van der Waals surface area contributed by atoms with E-state index < -0.39 is 0 Å². The van der Waals surface area contributed by atoms with Crippen LogP contribution < -0.4 is 0 Å². The molecule has 2 heterocycles. The van der Waals surface area contributed by atoms with Crippen molar-refractivity contribution < 1.29 is 0 Å². The third kappa shape index (κ3) is 4.07. The highest BCUT2D eigenvalue weighted by Gasteiger charge is 2.16. The van der Waals surface area contributed by atoms with Gasteiger partial charge in [-0.1, -0.05) is 140 Å². The molecule has 0 atom stereocenters. The number of aromatic nitrogens is 2. The predicted molar refractivity (Wildman–Crippen MR) is 192 cm³/mol. The number of rotatable bonds is 4. The highest BCUT2D eigenvalue weighted by molar-refractivity contribution is 6.20. The van der Waals surface area contributed by atoms with E-state index in [2.05, 4.69) is 168 Å². The van der Waals surface area contributed by atoms with E-state index in [0.717, 1.165) is 11.4 Å². The Hall–Kier alpha value is -5.99. The van der Waals surface area contributed by atoms with Gasteiger partial charge in [0.05, 0.1) is 11.0 Å². The van der Waals surface area contributed by atoms with Gasteiger partial charge in [-0.15, -0.1) is 0 Å². The molecule has 2 aromatic heterocycles. The lowest BCUT2D eigenvalue weighted by Gasteiger charge is -2.17. The number of hydrogen-bond acceptors (Lipinski definition) is 1. The minimum atomic E-state index is 0.917. The van der Waals surface area contributed by atoms with Crippen molar-refractivity contribution in [3.8, 4) is 16.9 Å². The Kier molecular flexibility index (Phi) is 5.85. The van der Waals surface area contributed by atoms with Gasteiger partial charge in [0.25, 0.3) is 0 Å². The van der Waals surface area contributed by atoms with Crippen LogP contribution in [0.2, 0.25) is 0 Å². The van der Waals surface area contributed by atoms with Gasteiger partial charge in [0.1, 0.15) is 5.82 Å². The molecule has 0 unspecified atom stereocenters. The van der Waals surface area contributed by atoms with Crippen molar-refractivity contribution in [3.05, 3.63) is 169 Å². The first-order valence-electron chi connectivity index (χ1n) is 15.4. The SMILES string of the molecule is C(=C\c1c2ccccc2c(-c2cccc3ccccc23)c2ccccc12)/c1ccc(-n2c3ccccc3c3ccccc32)nc1. The van der Waals surface area contributed by atoms with Crippen molar-refractivity contribution in [2.45, 2.75) is 0 Å². The molecule has 0 N–H and O–H groups in total. The summed E-state index contributed by atoms with van der Waals surface area (Å²) in [6.07, 6.45) is 6.42. The van der Waals surface area contributed by atoms with Crippen LogP contribution in [0, 0.1) is 0 Å². The van der Waals surface area contributed by atoms with Crippen molar-refractivity contribution in [1.29, 1.82) is 0 Å². The van der Waals surface area contributed by atoms with Crippen LogP contribution in [-0.4, -0.2) is 9.55 Å². The van der Waals surface area contributed by atoms with E-state index in [1.54, 1.807) is 0 Å². The molecule has 9 aromatic rings. The molecule has 9 rings (SSSR count). The molecule has 0 aliphatic heterocycles. The molecular formula is C43H28N2. The second kappa shape index (κ2) is 10.3. The van der Waals surface area contributed by atoms with Crippen molar-refractivity contribution in [2.24, 2.45) is 0 Å². The average molecular weight is 573 g/mol. The second-order valence-electron chi connectivity index (χ2n) is 11.6. The zero-order valence-corrected chi connectivity index (χ0v) is 24.6. The topological polar surface area (TPSA) is 17.8 Å². The summed E-state index contributed by atoms with van der Waals surface area (Å²) >= 11 is 0. The fourth-order valence-corrected chi connectivity index (χ4v) is 7.05. The summed E-state index contributed by atoms with van der Waals surface area (Å²) in [6, 6.07) is 54.3. The van der Waals surface area contributed by atoms with Gasteiger partial charge in [0.2, 0.25) is 0 Å². The van der Waals surface area contributed by atoms with Gasteiger partial charge in [-0.05, 0) is 78.8 Å². The molecule has 45 heavy (non-hydrogen) atoms. The molecule has 0 radical (unpaired) electrons. The minimum Gasteiger partial charge on any atom is -0.294 e. The van der Waals surface area contributed by atoms with Crippen LogP contribution in [0.25, 0.3) is 83.2 Å². The van der Waals surface area contributed by atoms with E-state index in [1.807, 2.05) is 6.20 Å². The van der Waals surface area contributed by atoms with E-state index in [-0.39, 0.29) is 0 Å². The number of pyridine rings is 1. The minimum absolute atomic E-state index is 0.917. The maximum absolute atomic E-state index is 4.95. The Balaban J connectivity index is 1.18. The highest BCUT2D eigenvalue weighted by Crippen LogP contribution is 2.42. The Morgan fingerprint density at radius 2 is 0.956 bits per heavy atom. The molecular weight excluding hydrogens is 544 g/mol. The number of benzene rings is 7. The number of nitrogens with zero attached hydrogens (tertiary/aromatic N) is 2. The lowest BCUT2D eigenvalue weighted by molar-refractivity contribution is 1.08. The van der Waals surface area contributed by atoms with Gasteiger partial charge in [0.15, 0.2) is 0 Å². The van der Waals surface area contributed by atoms with Gasteiger partial charge in [-0.3, -0.25) is 4.57 Å². The van der Waals surface area contributed by atoms with Crippen LogP contribution in [0.5, 0.6) is 0 Å². The summed E-state index contributed by atoms with van der Waals surface area (Å²) in [5, 5.41) is 10.0. The molecule has 0 bridgehead atoms. The lowest BCUT2D eigenvalue weighted by Crippen LogP contribution is -1.96. The fraction of sp³-hybridized carbons (Fsp3) is 0. The van der Waals surface area contributed by atoms with Gasteiger partial charge in [0, 0.05) is 17.0 Å². The van der Waals surface area contributed by atoms with Crippen LogP contribution in [0.3, 0.4) is 0 Å². The summed E-state index contributed by atoms with van der Waals surface area (Å²) in [5.41, 5.74) is 7.16. The number of fused-ring (bicyclic) bond motifs is 6. The molecule has 0 spiro atoms. The maximum Gasteiger partial charge on any atom is 0.137 e. The van der Waals surface area contributed by atoms with E-state index in [9.17, 15) is 0 Å². The van der Waals surface area contributed by atoms with E-state index in [4.69, 9.17) is 4.98 Å². The molecule has 0 amide bonds. The monoisotopic (exact) mass is 572 g/mol. The first kappa shape index (κ1) is 25.5. The highest BCUT2D eigenvalue weighted by atomic mass is 15.1. The summed E-state index contributed by atoms with van der Waals surface area (Å²) in [4.78, 5) is 4.95. The number of hydrogen-bond donors (Lipinski definition) is 0. The van der Waals surface area contributed by atoms with Crippen molar-refractivity contribution in [3.63, 3.8) is 0 Å². The van der Waals surface area contributed by atoms with Crippen LogP contribution >= 0.6 is 0 Å². The smallest absolute Gasteiger partial charge is 0.137 e. The van der Waals surface area contributed by atoms with E-state index >= 15 is 0 Å². The third-order valence-electron chi connectivity index (χ3n) is 9.05. The van der Waals surface area contributed by atoms with Gasteiger partial charge < -0.3 is 0 Å². The molecule has 2 nitrogen and oxygen atoms in total. The van der Waals surface area contributed by atoms with Gasteiger partial charge in [-0.25, -0.2) is 4.98 Å². The molecule has 7 aromatic carbocycles. The Labute approximate surface area is 261 Å². The normalized spacial score (nSPS) is 11.9. The molecule has 0 saturated heterocycles. The summed E-state index contributed by atoms with van der Waals surface area (Å²) < 4.78 is 2.26.